The van der Waals surface area contributed by atoms with E-state index < -0.39 is 0 Å². The Kier molecular flexibility index (Phi) is 7.77. The van der Waals surface area contributed by atoms with E-state index >= 15 is 0 Å². The third-order valence-corrected chi connectivity index (χ3v) is 10.9. The van der Waals surface area contributed by atoms with E-state index in [1.54, 1.807) is 5.57 Å². The van der Waals surface area contributed by atoms with E-state index in [1.807, 2.05) is 0 Å². The number of hydrogen-bond donors (Lipinski definition) is 1. The Labute approximate surface area is 197 Å². The minimum atomic E-state index is -0.0988. The van der Waals surface area contributed by atoms with Crippen LogP contribution in [0.4, 0.5) is 0 Å². The molecule has 3 aliphatic carbocycles. The number of allylic oxidation sites excluding steroid dienone is 1. The zero-order valence-electron chi connectivity index (χ0n) is 22.0. The fourth-order valence-corrected chi connectivity index (χ4v) is 8.35. The molecule has 0 amide bonds. The summed E-state index contributed by atoms with van der Waals surface area (Å²) in [5, 5.41) is 4.07. The minimum absolute atomic E-state index is 0.0988. The van der Waals surface area contributed by atoms with Gasteiger partial charge in [-0.3, -0.25) is 0 Å². The normalized spacial score (nSPS) is 39.8. The summed E-state index contributed by atoms with van der Waals surface area (Å²) in [6, 6.07) is 0.158. The minimum Gasteiger partial charge on any atom is -0.324 e. The Balaban J connectivity index is 1.82. The fourth-order valence-electron chi connectivity index (χ4n) is 8.35. The highest BCUT2D eigenvalue weighted by atomic mass is 15.1. The molecule has 2 saturated carbocycles. The van der Waals surface area contributed by atoms with Gasteiger partial charge in [-0.2, -0.15) is 0 Å². The monoisotopic (exact) mass is 442 g/mol. The second-order valence-electron chi connectivity index (χ2n) is 12.6. The van der Waals surface area contributed by atoms with Gasteiger partial charge in [-0.1, -0.05) is 78.1 Å². The van der Waals surface area contributed by atoms with Crippen LogP contribution < -0.4 is 5.73 Å². The van der Waals surface area contributed by atoms with Crippen LogP contribution in [0.3, 0.4) is 0 Å². The fraction of sp³-hybridized carbons (Fsp3) is 0.929. The highest BCUT2D eigenvalue weighted by Gasteiger charge is 2.59. The van der Waals surface area contributed by atoms with Crippen molar-refractivity contribution in [2.45, 2.75) is 124 Å². The van der Waals surface area contributed by atoms with Crippen LogP contribution in [0, 0.1) is 40.4 Å². The number of nitrogens with zero attached hydrogens (tertiary/aromatic N) is 3. The molecule has 3 rings (SSSR count). The lowest BCUT2D eigenvalue weighted by atomic mass is 9.43. The van der Waals surface area contributed by atoms with E-state index in [9.17, 15) is 0 Å². The summed E-state index contributed by atoms with van der Waals surface area (Å²) in [6.07, 6.45) is 14.4. The SMILES string of the molecule is CC[C@](N)([C@H](C)CCCC(C)C)[C@@]1(C)CC[C@H]2[C@@H](CC=C3CC(N=[N+]=[N-])CC[C@@]32C)[C@@H]1C. The Morgan fingerprint density at radius 2 is 1.94 bits per heavy atom. The van der Waals surface area contributed by atoms with E-state index in [1.165, 1.54) is 44.9 Å². The van der Waals surface area contributed by atoms with Crippen molar-refractivity contribution in [1.29, 1.82) is 0 Å². The third kappa shape index (κ3) is 4.27. The molecule has 0 spiro atoms. The van der Waals surface area contributed by atoms with E-state index in [2.05, 4.69) is 64.6 Å². The predicted molar refractivity (Wildman–Crippen MR) is 136 cm³/mol. The van der Waals surface area contributed by atoms with Gasteiger partial charge in [-0.25, -0.2) is 0 Å². The highest BCUT2D eigenvalue weighted by Crippen LogP contribution is 2.64. The van der Waals surface area contributed by atoms with Crippen LogP contribution in [0.1, 0.15) is 113 Å². The molecule has 32 heavy (non-hydrogen) atoms. The molecule has 2 fully saturated rings. The van der Waals surface area contributed by atoms with Gasteiger partial charge in [0.05, 0.1) is 0 Å². The van der Waals surface area contributed by atoms with E-state index in [-0.39, 0.29) is 22.4 Å². The van der Waals surface area contributed by atoms with Crippen LogP contribution in [0.15, 0.2) is 16.8 Å². The van der Waals surface area contributed by atoms with E-state index in [0.29, 0.717) is 11.8 Å². The molecule has 4 heteroatoms. The second kappa shape index (κ2) is 9.71. The van der Waals surface area contributed by atoms with Crippen LogP contribution >= 0.6 is 0 Å². The summed E-state index contributed by atoms with van der Waals surface area (Å²) in [5.41, 5.74) is 18.3. The molecule has 0 radical (unpaired) electrons. The summed E-state index contributed by atoms with van der Waals surface area (Å²) in [5.74, 6) is 3.42. The van der Waals surface area contributed by atoms with Crippen molar-refractivity contribution in [3.63, 3.8) is 0 Å². The van der Waals surface area contributed by atoms with Crippen molar-refractivity contribution in [3.05, 3.63) is 22.1 Å². The molecule has 0 aromatic rings. The van der Waals surface area contributed by atoms with Gasteiger partial charge < -0.3 is 5.73 Å². The number of rotatable bonds is 8. The first-order valence-electron chi connectivity index (χ1n) is 13.6. The quantitative estimate of drug-likeness (QED) is 0.174. The van der Waals surface area contributed by atoms with E-state index in [0.717, 1.165) is 37.0 Å². The number of fused-ring (bicyclic) bond motifs is 3. The standard InChI is InChI=1S/C28H50N4/c1-8-28(29,20(4)11-9-10-19(2)3)27(7)17-15-25-24(21(27)5)13-12-22-18-23(31-32-30)14-16-26(22,25)6/h12,19-21,23-25H,8-11,13-18,29H2,1-7H3/t20-,21+,23?,24+,25+,26+,27+,28+/m1/s1. The molecule has 0 heterocycles. The van der Waals surface area contributed by atoms with Gasteiger partial charge in [0.2, 0.25) is 0 Å². The summed E-state index contributed by atoms with van der Waals surface area (Å²) in [7, 11) is 0. The maximum absolute atomic E-state index is 8.91. The van der Waals surface area contributed by atoms with Gasteiger partial charge in [-0.15, -0.1) is 0 Å². The second-order valence-corrected chi connectivity index (χ2v) is 12.6. The molecule has 2 N–H and O–H groups in total. The first-order chi connectivity index (χ1) is 15.0. The first-order valence-corrected chi connectivity index (χ1v) is 13.6. The van der Waals surface area contributed by atoms with Crippen molar-refractivity contribution in [2.75, 3.05) is 0 Å². The molecule has 3 aliphatic rings. The van der Waals surface area contributed by atoms with Gasteiger partial charge in [0.1, 0.15) is 0 Å². The lowest BCUT2D eigenvalue weighted by Crippen LogP contribution is -2.64. The van der Waals surface area contributed by atoms with Crippen LogP contribution in [0.5, 0.6) is 0 Å². The average molecular weight is 443 g/mol. The van der Waals surface area contributed by atoms with Gasteiger partial charge in [0, 0.05) is 16.5 Å². The summed E-state index contributed by atoms with van der Waals surface area (Å²) in [4.78, 5) is 3.10. The lowest BCUT2D eigenvalue weighted by Gasteiger charge is -2.63. The summed E-state index contributed by atoms with van der Waals surface area (Å²) >= 11 is 0. The first kappa shape index (κ1) is 25.6. The lowest BCUT2D eigenvalue weighted by molar-refractivity contribution is -0.0888. The van der Waals surface area contributed by atoms with Gasteiger partial charge in [0.25, 0.3) is 0 Å². The molecule has 8 atom stereocenters. The average Bonchev–Trinajstić information content (AvgIpc) is 2.75. The number of azide groups is 1. The van der Waals surface area contributed by atoms with Gasteiger partial charge >= 0.3 is 0 Å². The number of hydrogen-bond acceptors (Lipinski definition) is 2. The molecule has 0 aliphatic heterocycles. The molecule has 0 aromatic carbocycles. The van der Waals surface area contributed by atoms with Crippen molar-refractivity contribution in [2.24, 2.45) is 51.3 Å². The van der Waals surface area contributed by atoms with Crippen LogP contribution in [0.2, 0.25) is 0 Å². The van der Waals surface area contributed by atoms with Crippen LogP contribution in [0.25, 0.3) is 10.4 Å². The molecule has 0 saturated heterocycles. The van der Waals surface area contributed by atoms with Gasteiger partial charge in [0.15, 0.2) is 0 Å². The maximum Gasteiger partial charge on any atom is 0.0411 e. The summed E-state index contributed by atoms with van der Waals surface area (Å²) in [6.45, 7) is 17.0. The molecule has 0 bridgehead atoms. The maximum atomic E-state index is 8.91. The molecule has 0 aromatic heterocycles. The molecule has 182 valence electrons. The zero-order chi connectivity index (χ0) is 23.7. The molecular weight excluding hydrogens is 392 g/mol. The summed E-state index contributed by atoms with van der Waals surface area (Å²) < 4.78 is 0. The van der Waals surface area contributed by atoms with Crippen molar-refractivity contribution >= 4 is 0 Å². The topological polar surface area (TPSA) is 74.8 Å². The van der Waals surface area contributed by atoms with Crippen molar-refractivity contribution in [3.8, 4) is 0 Å². The van der Waals surface area contributed by atoms with E-state index in [4.69, 9.17) is 11.3 Å². The molecular formula is C28H50N4. The third-order valence-electron chi connectivity index (χ3n) is 10.9. The Bertz CT molecular complexity index is 738. The predicted octanol–water partition coefficient (Wildman–Crippen LogP) is 8.42. The van der Waals surface area contributed by atoms with Gasteiger partial charge in [-0.05, 0) is 97.3 Å². The Morgan fingerprint density at radius 3 is 2.56 bits per heavy atom. The van der Waals surface area contributed by atoms with Crippen molar-refractivity contribution < 1.29 is 0 Å². The molecule has 4 nitrogen and oxygen atoms in total. The largest absolute Gasteiger partial charge is 0.324 e. The zero-order valence-corrected chi connectivity index (χ0v) is 22.0. The number of nitrogens with two attached hydrogens (primary N) is 1. The Hall–Kier alpha value is -0.990. The van der Waals surface area contributed by atoms with Crippen LogP contribution in [-0.4, -0.2) is 11.6 Å². The smallest absolute Gasteiger partial charge is 0.0411 e. The van der Waals surface area contributed by atoms with Crippen LogP contribution in [-0.2, 0) is 0 Å². The Morgan fingerprint density at radius 1 is 1.22 bits per heavy atom. The van der Waals surface area contributed by atoms with Crippen molar-refractivity contribution in [1.82, 2.24) is 0 Å². The highest BCUT2D eigenvalue weighted by molar-refractivity contribution is 5.26. The molecule has 1 unspecified atom stereocenters.